The molecule has 0 fully saturated rings. The van der Waals surface area contributed by atoms with Gasteiger partial charge in [-0.3, -0.25) is 10.2 Å². The Morgan fingerprint density at radius 2 is 1.69 bits per heavy atom. The molecule has 9 heteroatoms. The maximum absolute atomic E-state index is 12.6. The lowest BCUT2D eigenvalue weighted by Crippen LogP contribution is -2.26. The first kappa shape index (κ1) is 21.3. The second-order valence-corrected chi connectivity index (χ2v) is 8.76. The highest BCUT2D eigenvalue weighted by Crippen LogP contribution is 2.31. The number of nitrogens with one attached hydrogen (secondary N) is 2. The molecule has 5 N–H and O–H groups in total. The van der Waals surface area contributed by atoms with Crippen LogP contribution in [0.5, 0.6) is 0 Å². The number of anilines is 2. The van der Waals surface area contributed by atoms with Gasteiger partial charge in [-0.05, 0) is 48.0 Å². The van der Waals surface area contributed by atoms with Crippen LogP contribution in [0.25, 0.3) is 5.57 Å². The van der Waals surface area contributed by atoms with Crippen LogP contribution in [0.15, 0.2) is 89.5 Å². The molecule has 4 rings (SSSR count). The van der Waals surface area contributed by atoms with E-state index < -0.39 is 15.9 Å². The number of rotatable bonds is 5. The highest BCUT2D eigenvalue weighted by molar-refractivity contribution is 7.89. The summed E-state index contributed by atoms with van der Waals surface area (Å²) in [6, 6.07) is 21.5. The predicted molar refractivity (Wildman–Crippen MR) is 123 cm³/mol. The van der Waals surface area contributed by atoms with Crippen LogP contribution in [-0.4, -0.2) is 31.8 Å². The molecule has 1 aliphatic heterocycles. The average molecular weight is 449 g/mol. The number of aliphatic hydroxyl groups excluding tert-OH is 1. The van der Waals surface area contributed by atoms with Crippen molar-refractivity contribution in [2.24, 2.45) is 5.14 Å². The normalized spacial score (nSPS) is 14.0. The fourth-order valence-corrected chi connectivity index (χ4v) is 4.01. The number of primary sulfonamides is 1. The summed E-state index contributed by atoms with van der Waals surface area (Å²) < 4.78 is 23.0. The summed E-state index contributed by atoms with van der Waals surface area (Å²) in [6.45, 7) is 0.162. The predicted octanol–water partition coefficient (Wildman–Crippen LogP) is 3.35. The molecule has 32 heavy (non-hydrogen) atoms. The largest absolute Gasteiger partial charge is 0.510 e. The first-order valence-corrected chi connectivity index (χ1v) is 11.2. The smallest absolute Gasteiger partial charge is 0.255 e. The minimum atomic E-state index is -3.88. The molecule has 0 saturated carbocycles. The SMILES string of the molecule is N=C1C(c2ccccc2)=C(O)CN1c1ccc(C(=O)Nc2cccc(S(N)(=O)=O)c2)cc1. The van der Waals surface area contributed by atoms with Crippen LogP contribution in [0.4, 0.5) is 11.4 Å². The second kappa shape index (κ2) is 8.29. The van der Waals surface area contributed by atoms with Crippen molar-refractivity contribution in [3.63, 3.8) is 0 Å². The average Bonchev–Trinajstić information content (AvgIpc) is 3.08. The summed E-state index contributed by atoms with van der Waals surface area (Å²) in [5, 5.41) is 26.7. The number of hydrogen-bond acceptors (Lipinski definition) is 5. The molecule has 0 spiro atoms. The quantitative estimate of drug-likeness (QED) is 0.474. The van der Waals surface area contributed by atoms with Crippen LogP contribution in [-0.2, 0) is 10.0 Å². The molecule has 0 aromatic heterocycles. The summed E-state index contributed by atoms with van der Waals surface area (Å²) in [6.07, 6.45) is 0. The van der Waals surface area contributed by atoms with Gasteiger partial charge in [-0.15, -0.1) is 0 Å². The highest BCUT2D eigenvalue weighted by Gasteiger charge is 2.29. The van der Waals surface area contributed by atoms with Crippen LogP contribution in [0.1, 0.15) is 15.9 Å². The lowest BCUT2D eigenvalue weighted by atomic mass is 10.1. The molecule has 162 valence electrons. The molecule has 8 nitrogen and oxygen atoms in total. The van der Waals surface area contributed by atoms with Gasteiger partial charge in [0.1, 0.15) is 11.6 Å². The fraction of sp³-hybridized carbons (Fsp3) is 0.0435. The van der Waals surface area contributed by atoms with E-state index in [1.54, 1.807) is 35.2 Å². The van der Waals surface area contributed by atoms with E-state index in [0.717, 1.165) is 5.56 Å². The Morgan fingerprint density at radius 1 is 1.00 bits per heavy atom. The van der Waals surface area contributed by atoms with Gasteiger partial charge in [-0.2, -0.15) is 0 Å². The Morgan fingerprint density at radius 3 is 2.34 bits per heavy atom. The number of hydrogen-bond donors (Lipinski definition) is 4. The van der Waals surface area contributed by atoms with E-state index in [0.29, 0.717) is 22.5 Å². The number of nitrogens with two attached hydrogens (primary N) is 1. The minimum Gasteiger partial charge on any atom is -0.510 e. The van der Waals surface area contributed by atoms with Crippen molar-refractivity contribution in [2.45, 2.75) is 4.90 Å². The molecule has 0 atom stereocenters. The summed E-state index contributed by atoms with van der Waals surface area (Å²) in [4.78, 5) is 14.1. The topological polar surface area (TPSA) is 137 Å². The number of carbonyl (C=O) groups excluding carboxylic acids is 1. The van der Waals surface area contributed by atoms with Crippen molar-refractivity contribution in [3.8, 4) is 0 Å². The van der Waals surface area contributed by atoms with E-state index in [2.05, 4.69) is 5.32 Å². The second-order valence-electron chi connectivity index (χ2n) is 7.20. The van der Waals surface area contributed by atoms with Gasteiger partial charge in [-0.25, -0.2) is 13.6 Å². The van der Waals surface area contributed by atoms with Gasteiger partial charge in [0.15, 0.2) is 0 Å². The zero-order valence-corrected chi connectivity index (χ0v) is 17.6. The fourth-order valence-electron chi connectivity index (χ4n) is 3.45. The van der Waals surface area contributed by atoms with E-state index in [9.17, 15) is 18.3 Å². The molecule has 0 saturated heterocycles. The maximum Gasteiger partial charge on any atom is 0.255 e. The zero-order chi connectivity index (χ0) is 22.9. The van der Waals surface area contributed by atoms with Crippen molar-refractivity contribution in [1.29, 1.82) is 5.41 Å². The number of aliphatic hydroxyl groups is 1. The third-order valence-electron chi connectivity index (χ3n) is 5.03. The highest BCUT2D eigenvalue weighted by atomic mass is 32.2. The Bertz CT molecular complexity index is 1330. The lowest BCUT2D eigenvalue weighted by molar-refractivity contribution is 0.102. The first-order chi connectivity index (χ1) is 15.2. The van der Waals surface area contributed by atoms with Crippen molar-refractivity contribution in [1.82, 2.24) is 0 Å². The third-order valence-corrected chi connectivity index (χ3v) is 5.94. The zero-order valence-electron chi connectivity index (χ0n) is 16.8. The van der Waals surface area contributed by atoms with Crippen LogP contribution >= 0.6 is 0 Å². The Balaban J connectivity index is 1.49. The van der Waals surface area contributed by atoms with Gasteiger partial charge in [0.2, 0.25) is 10.0 Å². The lowest BCUT2D eigenvalue weighted by Gasteiger charge is -2.19. The Labute approximate surface area is 185 Å². The molecule has 0 aliphatic carbocycles. The molecule has 1 heterocycles. The molecule has 1 amide bonds. The molecule has 0 unspecified atom stereocenters. The van der Waals surface area contributed by atoms with E-state index >= 15 is 0 Å². The van der Waals surface area contributed by atoms with Gasteiger partial charge >= 0.3 is 0 Å². The summed E-state index contributed by atoms with van der Waals surface area (Å²) in [5.41, 5.74) is 2.53. The molecule has 3 aromatic carbocycles. The number of amidine groups is 1. The van der Waals surface area contributed by atoms with Gasteiger partial charge in [-0.1, -0.05) is 36.4 Å². The maximum atomic E-state index is 12.6. The molecular formula is C23H20N4O4S. The molecular weight excluding hydrogens is 428 g/mol. The van der Waals surface area contributed by atoms with Crippen LogP contribution in [0, 0.1) is 5.41 Å². The summed E-state index contributed by atoms with van der Waals surface area (Å²) in [5.74, 6) is -0.144. The molecule has 0 radical (unpaired) electrons. The Kier molecular flexibility index (Phi) is 5.52. The number of nitrogens with zero attached hydrogens (tertiary/aromatic N) is 1. The number of benzene rings is 3. The van der Waals surface area contributed by atoms with E-state index in [4.69, 9.17) is 10.5 Å². The standard InChI is InChI=1S/C23H20N4O4S/c24-22-21(15-5-2-1-3-6-15)20(28)14-27(22)18-11-9-16(10-12-18)23(29)26-17-7-4-8-19(13-17)32(25,30)31/h1-13,24,28H,14H2,(H,26,29)(H2,25,30,31). The monoisotopic (exact) mass is 448 g/mol. The van der Waals surface area contributed by atoms with E-state index in [-0.39, 0.29) is 23.0 Å². The Hall–Kier alpha value is -3.95. The van der Waals surface area contributed by atoms with Gasteiger partial charge in [0, 0.05) is 16.9 Å². The first-order valence-electron chi connectivity index (χ1n) is 9.62. The third kappa shape index (κ3) is 4.25. The van der Waals surface area contributed by atoms with Gasteiger partial charge in [0.25, 0.3) is 5.91 Å². The molecule has 3 aromatic rings. The molecule has 0 bridgehead atoms. The van der Waals surface area contributed by atoms with E-state index in [1.165, 1.54) is 18.2 Å². The minimum absolute atomic E-state index is 0.0975. The van der Waals surface area contributed by atoms with Crippen molar-refractivity contribution >= 4 is 38.7 Å². The number of amides is 1. The van der Waals surface area contributed by atoms with E-state index in [1.807, 2.05) is 30.3 Å². The van der Waals surface area contributed by atoms with Crippen LogP contribution < -0.4 is 15.4 Å². The van der Waals surface area contributed by atoms with Crippen molar-refractivity contribution in [3.05, 3.63) is 95.7 Å². The van der Waals surface area contributed by atoms with Gasteiger partial charge in [0.05, 0.1) is 17.0 Å². The number of carbonyl (C=O) groups is 1. The van der Waals surface area contributed by atoms with Gasteiger partial charge < -0.3 is 15.3 Å². The number of sulfonamides is 1. The summed E-state index contributed by atoms with van der Waals surface area (Å²) in [7, 11) is -3.88. The van der Waals surface area contributed by atoms with Crippen LogP contribution in [0.2, 0.25) is 0 Å². The molecule has 1 aliphatic rings. The van der Waals surface area contributed by atoms with Crippen molar-refractivity contribution < 1.29 is 18.3 Å². The van der Waals surface area contributed by atoms with Crippen LogP contribution in [0.3, 0.4) is 0 Å². The summed E-state index contributed by atoms with van der Waals surface area (Å²) >= 11 is 0. The van der Waals surface area contributed by atoms with Crippen molar-refractivity contribution in [2.75, 3.05) is 16.8 Å².